The van der Waals surface area contributed by atoms with Crippen molar-refractivity contribution in [2.24, 2.45) is 0 Å². The summed E-state index contributed by atoms with van der Waals surface area (Å²) < 4.78 is 4.43. The van der Waals surface area contributed by atoms with Gasteiger partial charge < -0.3 is 14.6 Å². The summed E-state index contributed by atoms with van der Waals surface area (Å²) in [6.45, 7) is 0. The van der Waals surface area contributed by atoms with Crippen LogP contribution in [0.25, 0.3) is 0 Å². The van der Waals surface area contributed by atoms with Crippen molar-refractivity contribution in [2.45, 2.75) is 0 Å². The number of carboxylic acid groups (broad SMARTS) is 1. The smallest absolute Gasteiger partial charge is 0.337 e. The Morgan fingerprint density at radius 3 is 1.93 bits per heavy atom. The number of ether oxygens (including phenoxy) is 1. The van der Waals surface area contributed by atoms with Crippen LogP contribution >= 0.6 is 0 Å². The maximum absolute atomic E-state index is 10.9. The molecule has 0 aromatic heterocycles. The van der Waals surface area contributed by atoms with Crippen molar-refractivity contribution in [3.05, 3.63) is 35.4 Å². The standard InChI is InChI=1S/C9H8O4.Mn/c1-13-9(12)7-4-2-6(3-5-7)8(10)11;/h2-5H,1H3,(H,10,11);/p-1. The zero-order chi connectivity index (χ0) is 9.84. The Balaban J connectivity index is 0.00000169. The van der Waals surface area contributed by atoms with E-state index in [1.54, 1.807) is 0 Å². The molecule has 1 aromatic carbocycles. The minimum atomic E-state index is -1.27. The summed E-state index contributed by atoms with van der Waals surface area (Å²) in [6.07, 6.45) is 0. The number of carbonyl (C=O) groups is 2. The van der Waals surface area contributed by atoms with Gasteiger partial charge in [0.25, 0.3) is 0 Å². The summed E-state index contributed by atoms with van der Waals surface area (Å²) >= 11 is 0. The number of aromatic carboxylic acids is 1. The van der Waals surface area contributed by atoms with Crippen LogP contribution in [0.1, 0.15) is 20.7 Å². The summed E-state index contributed by atoms with van der Waals surface area (Å²) in [6, 6.07) is 5.33. The minimum Gasteiger partial charge on any atom is -0.545 e. The molecule has 0 fully saturated rings. The molecule has 0 amide bonds. The zero-order valence-corrected chi connectivity index (χ0v) is 8.50. The van der Waals surface area contributed by atoms with Gasteiger partial charge in [-0.2, -0.15) is 0 Å². The molecule has 1 radical (unpaired) electrons. The molecule has 0 aliphatic carbocycles. The SMILES string of the molecule is COC(=O)c1ccc(C(=O)[O-])cc1.[Mn]. The maximum atomic E-state index is 10.9. The molecule has 0 aliphatic heterocycles. The van der Waals surface area contributed by atoms with E-state index in [4.69, 9.17) is 0 Å². The average Bonchev–Trinajstić information content (AvgIpc) is 2.17. The summed E-state index contributed by atoms with van der Waals surface area (Å²) in [5.41, 5.74) is 0.347. The minimum absolute atomic E-state index is 0. The fourth-order valence-electron chi connectivity index (χ4n) is 0.860. The molecule has 0 N–H and O–H groups in total. The molecular formula is C9H7MnO4-. The van der Waals surface area contributed by atoms with Gasteiger partial charge in [0.05, 0.1) is 18.6 Å². The van der Waals surface area contributed by atoms with Crippen LogP contribution in [0.5, 0.6) is 0 Å². The Bertz CT molecular complexity index is 331. The van der Waals surface area contributed by atoms with Crippen LogP contribution < -0.4 is 5.11 Å². The number of rotatable bonds is 2. The van der Waals surface area contributed by atoms with E-state index >= 15 is 0 Å². The molecule has 0 saturated heterocycles. The van der Waals surface area contributed by atoms with E-state index in [0.29, 0.717) is 5.56 Å². The van der Waals surface area contributed by atoms with E-state index in [1.807, 2.05) is 0 Å². The third kappa shape index (κ3) is 2.87. The molecule has 1 aromatic rings. The molecule has 0 heterocycles. The molecule has 0 unspecified atom stereocenters. The van der Waals surface area contributed by atoms with Crippen LogP contribution in [-0.2, 0) is 21.8 Å². The van der Waals surface area contributed by atoms with Gasteiger partial charge in [-0.3, -0.25) is 0 Å². The van der Waals surface area contributed by atoms with Crippen LogP contribution in [0.2, 0.25) is 0 Å². The first kappa shape index (κ1) is 12.7. The second-order valence-corrected chi connectivity index (χ2v) is 2.36. The Hall–Kier alpha value is -1.32. The quantitative estimate of drug-likeness (QED) is 0.526. The van der Waals surface area contributed by atoms with Gasteiger partial charge in [-0.1, -0.05) is 12.1 Å². The van der Waals surface area contributed by atoms with Crippen molar-refractivity contribution in [3.8, 4) is 0 Å². The first-order valence-corrected chi connectivity index (χ1v) is 3.55. The Morgan fingerprint density at radius 1 is 1.14 bits per heavy atom. The molecule has 0 saturated carbocycles. The van der Waals surface area contributed by atoms with Crippen LogP contribution in [0, 0.1) is 0 Å². The first-order valence-electron chi connectivity index (χ1n) is 3.55. The predicted octanol–water partition coefficient (Wildman–Crippen LogP) is -0.166. The third-order valence-electron chi connectivity index (χ3n) is 1.54. The second kappa shape index (κ2) is 5.42. The van der Waals surface area contributed by atoms with Gasteiger partial charge in [0.15, 0.2) is 0 Å². The molecule has 0 atom stereocenters. The molecule has 5 heteroatoms. The van der Waals surface area contributed by atoms with E-state index in [-0.39, 0.29) is 22.6 Å². The number of hydrogen-bond acceptors (Lipinski definition) is 4. The van der Waals surface area contributed by atoms with E-state index in [0.717, 1.165) is 0 Å². The first-order chi connectivity index (χ1) is 6.15. The second-order valence-electron chi connectivity index (χ2n) is 2.36. The van der Waals surface area contributed by atoms with Crippen molar-refractivity contribution >= 4 is 11.9 Å². The summed E-state index contributed by atoms with van der Waals surface area (Å²) in [4.78, 5) is 21.2. The van der Waals surface area contributed by atoms with Crippen molar-refractivity contribution in [1.29, 1.82) is 0 Å². The molecule has 0 bridgehead atoms. The Kier molecular flexibility index (Phi) is 4.91. The van der Waals surface area contributed by atoms with Gasteiger partial charge in [0.1, 0.15) is 0 Å². The van der Waals surface area contributed by atoms with Crippen LogP contribution in [0.3, 0.4) is 0 Å². The molecule has 4 nitrogen and oxygen atoms in total. The summed E-state index contributed by atoms with van der Waals surface area (Å²) in [7, 11) is 1.26. The number of benzene rings is 1. The average molecular weight is 234 g/mol. The van der Waals surface area contributed by atoms with Crippen molar-refractivity contribution in [3.63, 3.8) is 0 Å². The van der Waals surface area contributed by atoms with Gasteiger partial charge in [0, 0.05) is 17.1 Å². The largest absolute Gasteiger partial charge is 0.545 e. The van der Waals surface area contributed by atoms with Gasteiger partial charge in [-0.15, -0.1) is 0 Å². The van der Waals surface area contributed by atoms with Crippen LogP contribution in [0.15, 0.2) is 24.3 Å². The van der Waals surface area contributed by atoms with Gasteiger partial charge in [-0.25, -0.2) is 4.79 Å². The third-order valence-corrected chi connectivity index (χ3v) is 1.54. The Morgan fingerprint density at radius 2 is 1.57 bits per heavy atom. The number of carboxylic acids is 1. The fourth-order valence-corrected chi connectivity index (χ4v) is 0.860. The zero-order valence-electron chi connectivity index (χ0n) is 7.32. The van der Waals surface area contributed by atoms with Crippen molar-refractivity contribution in [1.82, 2.24) is 0 Å². The summed E-state index contributed by atoms with van der Waals surface area (Å²) in [5.74, 6) is -1.76. The molecule has 0 aliphatic rings. The number of methoxy groups -OCH3 is 1. The van der Waals surface area contributed by atoms with Gasteiger partial charge in [-0.05, 0) is 17.7 Å². The number of esters is 1. The van der Waals surface area contributed by atoms with Crippen LogP contribution in [-0.4, -0.2) is 19.0 Å². The molecule has 1 rings (SSSR count). The Labute approximate surface area is 91.4 Å². The van der Waals surface area contributed by atoms with E-state index in [9.17, 15) is 14.7 Å². The van der Waals surface area contributed by atoms with E-state index in [1.165, 1.54) is 31.4 Å². The normalized spacial score (nSPS) is 8.64. The number of carbonyl (C=O) groups excluding carboxylic acids is 2. The topological polar surface area (TPSA) is 66.4 Å². The molecule has 0 spiro atoms. The molecular weight excluding hydrogens is 227 g/mol. The molecule has 75 valence electrons. The maximum Gasteiger partial charge on any atom is 0.337 e. The van der Waals surface area contributed by atoms with Gasteiger partial charge in [0.2, 0.25) is 0 Å². The fraction of sp³-hybridized carbons (Fsp3) is 0.111. The van der Waals surface area contributed by atoms with Gasteiger partial charge >= 0.3 is 5.97 Å². The van der Waals surface area contributed by atoms with E-state index < -0.39 is 11.9 Å². The van der Waals surface area contributed by atoms with Crippen LogP contribution in [0.4, 0.5) is 0 Å². The van der Waals surface area contributed by atoms with Crippen molar-refractivity contribution < 1.29 is 36.5 Å². The molecule has 14 heavy (non-hydrogen) atoms. The predicted molar refractivity (Wildman–Crippen MR) is 42.1 cm³/mol. The van der Waals surface area contributed by atoms with Crippen molar-refractivity contribution in [2.75, 3.05) is 7.11 Å². The monoisotopic (exact) mass is 234 g/mol. The van der Waals surface area contributed by atoms with E-state index in [2.05, 4.69) is 4.74 Å². The summed E-state index contributed by atoms with van der Waals surface area (Å²) in [5, 5.41) is 10.3. The number of hydrogen-bond donors (Lipinski definition) is 0.